The van der Waals surface area contributed by atoms with E-state index < -0.39 is 36.1 Å². The standard InChI is InChI=1S/C19H29BClFN2O5/c1-18(2)19(3,4)29-20(28-18)16(24-17(25)15(23)11-26-5)8-9-27-12-6-7-13(21)14(22)10-12/h6-7,10,15-16H,8-9,11,23H2,1-5H3,(H,24,25)/t15-,16+/m1/s1. The Morgan fingerprint density at radius 2 is 1.93 bits per heavy atom. The zero-order chi connectivity index (χ0) is 21.8. The zero-order valence-electron chi connectivity index (χ0n) is 17.5. The molecule has 1 aromatic rings. The summed E-state index contributed by atoms with van der Waals surface area (Å²) >= 11 is 5.68. The highest BCUT2D eigenvalue weighted by Crippen LogP contribution is 2.37. The van der Waals surface area contributed by atoms with Crippen LogP contribution in [-0.4, -0.2) is 56.5 Å². The Morgan fingerprint density at radius 3 is 2.48 bits per heavy atom. The van der Waals surface area contributed by atoms with E-state index in [0.29, 0.717) is 12.2 Å². The van der Waals surface area contributed by atoms with Gasteiger partial charge in [0.1, 0.15) is 17.6 Å². The molecule has 2 rings (SSSR count). The van der Waals surface area contributed by atoms with Gasteiger partial charge < -0.3 is 29.8 Å². The highest BCUT2D eigenvalue weighted by Gasteiger charge is 2.54. The quantitative estimate of drug-likeness (QED) is 0.584. The maximum Gasteiger partial charge on any atom is 0.481 e. The van der Waals surface area contributed by atoms with Gasteiger partial charge in [0, 0.05) is 19.6 Å². The summed E-state index contributed by atoms with van der Waals surface area (Å²) < 4.78 is 36.3. The Kier molecular flexibility index (Phi) is 7.92. The third-order valence-corrected chi connectivity index (χ3v) is 5.51. The van der Waals surface area contributed by atoms with Crippen LogP contribution in [0.3, 0.4) is 0 Å². The number of carbonyl (C=O) groups is 1. The zero-order valence-corrected chi connectivity index (χ0v) is 18.2. The number of hydrogen-bond donors (Lipinski definition) is 2. The van der Waals surface area contributed by atoms with Crippen LogP contribution < -0.4 is 15.8 Å². The molecular weight excluding hydrogens is 401 g/mol. The second-order valence-electron chi connectivity index (χ2n) is 8.01. The predicted octanol–water partition coefficient (Wildman–Crippen LogP) is 2.34. The number of benzene rings is 1. The number of rotatable bonds is 9. The lowest BCUT2D eigenvalue weighted by Crippen LogP contribution is -2.54. The first-order valence-corrected chi connectivity index (χ1v) is 9.83. The molecule has 1 saturated heterocycles. The van der Waals surface area contributed by atoms with Crippen LogP contribution in [0.25, 0.3) is 0 Å². The monoisotopic (exact) mass is 430 g/mol. The minimum absolute atomic E-state index is 0.0202. The molecule has 0 spiro atoms. The normalized spacial score (nSPS) is 19.7. The third kappa shape index (κ3) is 6.05. The molecule has 1 fully saturated rings. The van der Waals surface area contributed by atoms with E-state index in [1.165, 1.54) is 19.2 Å². The van der Waals surface area contributed by atoms with E-state index in [9.17, 15) is 9.18 Å². The molecule has 0 saturated carbocycles. The Labute approximate surface area is 176 Å². The first-order valence-electron chi connectivity index (χ1n) is 9.45. The predicted molar refractivity (Wildman–Crippen MR) is 109 cm³/mol. The lowest BCUT2D eigenvalue weighted by Gasteiger charge is -2.32. The van der Waals surface area contributed by atoms with Crippen molar-refractivity contribution in [3.8, 4) is 5.75 Å². The van der Waals surface area contributed by atoms with E-state index in [1.54, 1.807) is 6.07 Å². The summed E-state index contributed by atoms with van der Waals surface area (Å²) in [5.41, 5.74) is 4.71. The number of methoxy groups -OCH3 is 1. The number of nitrogens with one attached hydrogen (secondary N) is 1. The molecule has 0 aromatic heterocycles. The van der Waals surface area contributed by atoms with Gasteiger partial charge in [0.15, 0.2) is 0 Å². The number of nitrogens with two attached hydrogens (primary N) is 1. The van der Waals surface area contributed by atoms with Crippen molar-refractivity contribution in [1.29, 1.82) is 0 Å². The largest absolute Gasteiger partial charge is 0.493 e. The van der Waals surface area contributed by atoms with E-state index in [0.717, 1.165) is 0 Å². The van der Waals surface area contributed by atoms with E-state index >= 15 is 0 Å². The Balaban J connectivity index is 2.06. The Bertz CT molecular complexity index is 706. The maximum absolute atomic E-state index is 13.6. The summed E-state index contributed by atoms with van der Waals surface area (Å²) in [4.78, 5) is 12.4. The van der Waals surface area contributed by atoms with Crippen molar-refractivity contribution < 1.29 is 28.0 Å². The van der Waals surface area contributed by atoms with Gasteiger partial charge in [-0.2, -0.15) is 0 Å². The minimum Gasteiger partial charge on any atom is -0.493 e. The molecule has 3 N–H and O–H groups in total. The molecule has 0 aliphatic carbocycles. The average molecular weight is 431 g/mol. The molecule has 1 aliphatic rings. The summed E-state index contributed by atoms with van der Waals surface area (Å²) in [6.07, 6.45) is 0.354. The molecule has 2 atom stereocenters. The fourth-order valence-corrected chi connectivity index (χ4v) is 2.86. The van der Waals surface area contributed by atoms with E-state index in [2.05, 4.69) is 5.32 Å². The second-order valence-corrected chi connectivity index (χ2v) is 8.42. The van der Waals surface area contributed by atoms with Crippen molar-refractivity contribution in [3.63, 3.8) is 0 Å². The third-order valence-electron chi connectivity index (χ3n) is 5.20. The van der Waals surface area contributed by atoms with Crippen LogP contribution in [0.1, 0.15) is 34.1 Å². The van der Waals surface area contributed by atoms with Crippen molar-refractivity contribution in [2.75, 3.05) is 20.3 Å². The molecular formula is C19H29BClFN2O5. The van der Waals surface area contributed by atoms with Crippen molar-refractivity contribution in [2.24, 2.45) is 5.73 Å². The number of amides is 1. The summed E-state index contributed by atoms with van der Waals surface area (Å²) in [7, 11) is 0.780. The fourth-order valence-electron chi connectivity index (χ4n) is 2.74. The van der Waals surface area contributed by atoms with Gasteiger partial charge in [0.25, 0.3) is 0 Å². The van der Waals surface area contributed by atoms with Crippen LogP contribution in [-0.2, 0) is 18.8 Å². The minimum atomic E-state index is -0.823. The van der Waals surface area contributed by atoms with Crippen LogP contribution in [0.2, 0.25) is 5.02 Å². The highest BCUT2D eigenvalue weighted by molar-refractivity contribution is 6.48. The van der Waals surface area contributed by atoms with Crippen LogP contribution in [0, 0.1) is 5.82 Å². The Hall–Kier alpha value is -1.39. The van der Waals surface area contributed by atoms with E-state index in [1.807, 2.05) is 27.7 Å². The van der Waals surface area contributed by atoms with Gasteiger partial charge in [-0.25, -0.2) is 4.39 Å². The SMILES string of the molecule is COC[C@@H](N)C(=O)N[C@@H](CCOc1ccc(Cl)c(F)c1)B1OC(C)(C)C(C)(C)O1. The van der Waals surface area contributed by atoms with Crippen LogP contribution in [0.5, 0.6) is 5.75 Å². The molecule has 7 nitrogen and oxygen atoms in total. The fraction of sp³-hybridized carbons (Fsp3) is 0.632. The average Bonchev–Trinajstić information content (AvgIpc) is 2.84. The molecule has 29 heavy (non-hydrogen) atoms. The molecule has 0 unspecified atom stereocenters. The smallest absolute Gasteiger partial charge is 0.481 e. The van der Waals surface area contributed by atoms with Gasteiger partial charge in [-0.1, -0.05) is 11.6 Å². The van der Waals surface area contributed by atoms with Crippen LogP contribution >= 0.6 is 11.6 Å². The van der Waals surface area contributed by atoms with Crippen molar-refractivity contribution in [3.05, 3.63) is 29.0 Å². The van der Waals surface area contributed by atoms with Crippen LogP contribution in [0.15, 0.2) is 18.2 Å². The molecule has 162 valence electrons. The number of ether oxygens (including phenoxy) is 2. The van der Waals surface area contributed by atoms with Gasteiger partial charge in [0.2, 0.25) is 5.91 Å². The van der Waals surface area contributed by atoms with Crippen molar-refractivity contribution in [2.45, 2.75) is 57.3 Å². The maximum atomic E-state index is 13.6. The highest BCUT2D eigenvalue weighted by atomic mass is 35.5. The van der Waals surface area contributed by atoms with E-state index in [4.69, 9.17) is 36.1 Å². The van der Waals surface area contributed by atoms with Gasteiger partial charge in [-0.15, -0.1) is 0 Å². The molecule has 0 radical (unpaired) electrons. The molecule has 10 heteroatoms. The van der Waals surface area contributed by atoms with Crippen LogP contribution in [0.4, 0.5) is 4.39 Å². The topological polar surface area (TPSA) is 92.0 Å². The number of hydrogen-bond acceptors (Lipinski definition) is 6. The summed E-state index contributed by atoms with van der Waals surface area (Å²) in [6.45, 7) is 7.98. The number of carbonyl (C=O) groups excluding carboxylic acids is 1. The van der Waals surface area contributed by atoms with Crippen molar-refractivity contribution >= 4 is 24.6 Å². The molecule has 1 aromatic carbocycles. The molecule has 1 heterocycles. The first-order chi connectivity index (χ1) is 13.5. The Morgan fingerprint density at radius 1 is 1.31 bits per heavy atom. The lowest BCUT2D eigenvalue weighted by molar-refractivity contribution is -0.123. The van der Waals surface area contributed by atoms with Gasteiger partial charge >= 0.3 is 7.12 Å². The molecule has 1 amide bonds. The molecule has 0 bridgehead atoms. The van der Waals surface area contributed by atoms with Gasteiger partial charge in [-0.3, -0.25) is 4.79 Å². The summed E-state index contributed by atoms with van der Waals surface area (Å²) in [5, 5.41) is 2.88. The second kappa shape index (κ2) is 9.62. The lowest BCUT2D eigenvalue weighted by atomic mass is 9.76. The van der Waals surface area contributed by atoms with Gasteiger partial charge in [-0.05, 0) is 39.8 Å². The summed E-state index contributed by atoms with van der Waals surface area (Å²) in [6, 6.07) is 3.38. The van der Waals surface area contributed by atoms with E-state index in [-0.39, 0.29) is 24.1 Å². The number of halogens is 2. The van der Waals surface area contributed by atoms with Crippen molar-refractivity contribution in [1.82, 2.24) is 5.32 Å². The first kappa shape index (κ1) is 23.9. The summed E-state index contributed by atoms with van der Waals surface area (Å²) in [5.74, 6) is -1.14. The molecule has 1 aliphatic heterocycles. The van der Waals surface area contributed by atoms with Gasteiger partial charge in [0.05, 0.1) is 35.4 Å².